The highest BCUT2D eigenvalue weighted by molar-refractivity contribution is 7.92. The Labute approximate surface area is 163 Å². The van der Waals surface area contributed by atoms with E-state index in [0.717, 1.165) is 27.7 Å². The first-order valence-corrected chi connectivity index (χ1v) is 10.5. The molecule has 1 N–H and O–H groups in total. The Morgan fingerprint density at radius 1 is 1.32 bits per heavy atom. The van der Waals surface area contributed by atoms with Crippen LogP contribution in [0, 0.1) is 11.3 Å². The molecule has 4 rings (SSSR count). The second-order valence-corrected chi connectivity index (χ2v) is 8.82. The van der Waals surface area contributed by atoms with Gasteiger partial charge >= 0.3 is 0 Å². The molecule has 0 aromatic carbocycles. The molecule has 4 heterocycles. The summed E-state index contributed by atoms with van der Waals surface area (Å²) in [7, 11) is -3.44. The van der Waals surface area contributed by atoms with Crippen LogP contribution in [0.5, 0.6) is 0 Å². The fourth-order valence-electron chi connectivity index (χ4n) is 3.87. The van der Waals surface area contributed by atoms with Crippen molar-refractivity contribution in [2.24, 2.45) is 0 Å². The smallest absolute Gasteiger partial charge is 0.235 e. The molecule has 0 spiro atoms. The van der Waals surface area contributed by atoms with Gasteiger partial charge in [0, 0.05) is 48.0 Å². The molecule has 3 aromatic heterocycles. The molecule has 0 bridgehead atoms. The van der Waals surface area contributed by atoms with Crippen molar-refractivity contribution in [1.29, 1.82) is 5.26 Å². The Kier molecular flexibility index (Phi) is 4.53. The van der Waals surface area contributed by atoms with E-state index in [4.69, 9.17) is 0 Å². The van der Waals surface area contributed by atoms with Gasteiger partial charge in [0.1, 0.15) is 12.0 Å². The molecule has 1 aliphatic rings. The average Bonchev–Trinajstić information content (AvgIpc) is 3.38. The maximum absolute atomic E-state index is 12.1. The largest absolute Gasteiger partial charge is 0.346 e. The molecular weight excluding hydrogens is 376 g/mol. The highest BCUT2D eigenvalue weighted by atomic mass is 32.2. The summed E-state index contributed by atoms with van der Waals surface area (Å²) in [6, 6.07) is 6.19. The molecule has 1 fully saturated rings. The normalized spacial score (nSPS) is 17.4. The predicted octanol–water partition coefficient (Wildman–Crippen LogP) is 2.60. The minimum Gasteiger partial charge on any atom is -0.346 e. The Morgan fingerprint density at radius 3 is 2.82 bits per heavy atom. The van der Waals surface area contributed by atoms with E-state index in [2.05, 4.69) is 27.6 Å². The molecule has 9 heteroatoms. The lowest BCUT2D eigenvalue weighted by Crippen LogP contribution is -2.47. The number of aromatic nitrogens is 4. The van der Waals surface area contributed by atoms with E-state index in [9.17, 15) is 13.7 Å². The van der Waals surface area contributed by atoms with Crippen LogP contribution in [0.2, 0.25) is 0 Å². The first-order chi connectivity index (χ1) is 13.5. The molecule has 0 atom stereocenters. The average molecular weight is 396 g/mol. The number of fused-ring (bicyclic) bond motifs is 1. The van der Waals surface area contributed by atoms with E-state index in [1.165, 1.54) is 10.6 Å². The van der Waals surface area contributed by atoms with Crippen LogP contribution in [0.3, 0.4) is 0 Å². The van der Waals surface area contributed by atoms with Crippen LogP contribution in [0.1, 0.15) is 19.3 Å². The molecule has 8 nitrogen and oxygen atoms in total. The number of H-pyrrole nitrogens is 1. The van der Waals surface area contributed by atoms with Crippen molar-refractivity contribution in [2.45, 2.75) is 24.8 Å². The van der Waals surface area contributed by atoms with Gasteiger partial charge in [-0.1, -0.05) is 6.58 Å². The third-order valence-electron chi connectivity index (χ3n) is 5.50. The molecule has 0 radical (unpaired) electrons. The zero-order chi connectivity index (χ0) is 19.8. The van der Waals surface area contributed by atoms with E-state index >= 15 is 0 Å². The van der Waals surface area contributed by atoms with Crippen molar-refractivity contribution >= 4 is 21.1 Å². The van der Waals surface area contributed by atoms with Gasteiger partial charge in [-0.25, -0.2) is 18.4 Å². The van der Waals surface area contributed by atoms with Crippen molar-refractivity contribution < 1.29 is 8.42 Å². The van der Waals surface area contributed by atoms with Gasteiger partial charge in [0.05, 0.1) is 23.7 Å². The number of aromatic amines is 1. The molecule has 1 aliphatic heterocycles. The third-order valence-corrected chi connectivity index (χ3v) is 7.01. The zero-order valence-corrected chi connectivity index (χ0v) is 16.1. The summed E-state index contributed by atoms with van der Waals surface area (Å²) in [6.07, 6.45) is 8.72. The molecule has 0 aliphatic carbocycles. The summed E-state index contributed by atoms with van der Waals surface area (Å²) in [4.78, 5) is 11.7. The summed E-state index contributed by atoms with van der Waals surface area (Å²) in [6.45, 7) is 4.11. The second kappa shape index (κ2) is 6.89. The third kappa shape index (κ3) is 3.00. The monoisotopic (exact) mass is 396 g/mol. The number of hydrogen-bond acceptors (Lipinski definition) is 5. The van der Waals surface area contributed by atoms with Gasteiger partial charge in [-0.15, -0.1) is 0 Å². The first kappa shape index (κ1) is 18.4. The predicted molar refractivity (Wildman–Crippen MR) is 105 cm³/mol. The highest BCUT2D eigenvalue weighted by Gasteiger charge is 2.38. The lowest BCUT2D eigenvalue weighted by molar-refractivity contribution is 0.164. The van der Waals surface area contributed by atoms with Gasteiger partial charge in [-0.05, 0) is 25.0 Å². The number of piperidine rings is 1. The fourth-order valence-corrected chi connectivity index (χ4v) is 4.77. The van der Waals surface area contributed by atoms with Crippen LogP contribution in [-0.4, -0.2) is 45.3 Å². The fraction of sp³-hybridized carbons (Fsp3) is 0.316. The van der Waals surface area contributed by atoms with Crippen molar-refractivity contribution in [3.8, 4) is 17.3 Å². The molecule has 0 amide bonds. The summed E-state index contributed by atoms with van der Waals surface area (Å²) < 4.78 is 27.6. The van der Waals surface area contributed by atoms with Crippen molar-refractivity contribution in [3.63, 3.8) is 0 Å². The van der Waals surface area contributed by atoms with Gasteiger partial charge in [0.2, 0.25) is 10.0 Å². The van der Waals surface area contributed by atoms with Gasteiger partial charge in [-0.2, -0.15) is 9.57 Å². The molecular formula is C19H20N6O2S. The molecule has 3 aromatic rings. The molecule has 0 unspecified atom stereocenters. The number of nitriles is 1. The van der Waals surface area contributed by atoms with Crippen LogP contribution in [0.15, 0.2) is 49.0 Å². The Bertz CT molecular complexity index is 1160. The van der Waals surface area contributed by atoms with Crippen LogP contribution in [0.4, 0.5) is 0 Å². The summed E-state index contributed by atoms with van der Waals surface area (Å²) in [5, 5.41) is 11.3. The van der Waals surface area contributed by atoms with Crippen molar-refractivity contribution in [2.75, 3.05) is 13.1 Å². The van der Waals surface area contributed by atoms with Crippen molar-refractivity contribution in [1.82, 2.24) is 23.8 Å². The molecule has 1 saturated heterocycles. The van der Waals surface area contributed by atoms with Crippen LogP contribution >= 0.6 is 0 Å². The number of nitrogens with one attached hydrogen (secondary N) is 1. The van der Waals surface area contributed by atoms with Crippen molar-refractivity contribution in [3.05, 3.63) is 49.0 Å². The quantitative estimate of drug-likeness (QED) is 0.713. The number of nitrogens with zero attached hydrogens (tertiary/aromatic N) is 5. The second-order valence-electron chi connectivity index (χ2n) is 6.94. The zero-order valence-electron chi connectivity index (χ0n) is 15.2. The topological polar surface area (TPSA) is 108 Å². The van der Waals surface area contributed by atoms with Gasteiger partial charge in [0.25, 0.3) is 0 Å². The Balaban J connectivity index is 1.67. The van der Waals surface area contributed by atoms with Gasteiger partial charge in [0.15, 0.2) is 0 Å². The van der Waals surface area contributed by atoms with E-state index in [0.29, 0.717) is 32.4 Å². The lowest BCUT2D eigenvalue weighted by atomic mass is 9.85. The minimum absolute atomic E-state index is 0.312. The molecule has 28 heavy (non-hydrogen) atoms. The lowest BCUT2D eigenvalue weighted by Gasteiger charge is -2.40. The van der Waals surface area contributed by atoms with Crippen LogP contribution < -0.4 is 0 Å². The maximum Gasteiger partial charge on any atom is 0.235 e. The standard InChI is InChI=1S/C19H20N6O2S/c1-2-28(26,27)25-11-6-19(5-8-20,7-12-25)24-10-4-15(13-24)17-16-3-9-21-18(16)23-14-22-17/h2-4,9-10,13-14H,1,5-7,11-12H2,(H,21,22,23). The SMILES string of the molecule is C=CS(=O)(=O)N1CCC(CC#N)(n2ccc(-c3ncnc4[nH]ccc34)c2)CC1. The summed E-state index contributed by atoms with van der Waals surface area (Å²) >= 11 is 0. The highest BCUT2D eigenvalue weighted by Crippen LogP contribution is 2.36. The van der Waals surface area contributed by atoms with Crippen LogP contribution in [-0.2, 0) is 15.6 Å². The maximum atomic E-state index is 12.1. The van der Waals surface area contributed by atoms with E-state index < -0.39 is 15.6 Å². The first-order valence-electron chi connectivity index (χ1n) is 8.96. The Morgan fingerprint density at radius 2 is 2.11 bits per heavy atom. The number of sulfonamides is 1. The number of hydrogen-bond donors (Lipinski definition) is 1. The summed E-state index contributed by atoms with van der Waals surface area (Å²) in [5.74, 6) is 0. The van der Waals surface area contributed by atoms with E-state index in [1.807, 2.05) is 35.3 Å². The molecule has 0 saturated carbocycles. The summed E-state index contributed by atoms with van der Waals surface area (Å²) in [5.41, 5.74) is 2.09. The van der Waals surface area contributed by atoms with Crippen LogP contribution in [0.25, 0.3) is 22.3 Å². The molecule has 144 valence electrons. The van der Waals surface area contributed by atoms with Gasteiger partial charge < -0.3 is 9.55 Å². The van der Waals surface area contributed by atoms with E-state index in [-0.39, 0.29) is 0 Å². The number of rotatable bonds is 5. The minimum atomic E-state index is -3.44. The van der Waals surface area contributed by atoms with E-state index in [1.54, 1.807) is 0 Å². The Hall–Kier alpha value is -2.96. The van der Waals surface area contributed by atoms with Gasteiger partial charge in [-0.3, -0.25) is 0 Å².